The number of aliphatic carboxylic acids is 1. The summed E-state index contributed by atoms with van der Waals surface area (Å²) in [6.45, 7) is 1.87. The molecule has 1 aromatic heterocycles. The van der Waals surface area contributed by atoms with Gasteiger partial charge in [-0.2, -0.15) is 0 Å². The molecule has 1 unspecified atom stereocenters. The lowest BCUT2D eigenvalue weighted by Gasteiger charge is -2.13. The fourth-order valence-electron chi connectivity index (χ4n) is 2.22. The van der Waals surface area contributed by atoms with Crippen LogP contribution in [-0.4, -0.2) is 28.0 Å². The minimum atomic E-state index is -0.816. The minimum absolute atomic E-state index is 0.0855. The molecule has 2 N–H and O–H groups in total. The lowest BCUT2D eigenvalue weighted by molar-refractivity contribution is -0.137. The van der Waals surface area contributed by atoms with Crippen molar-refractivity contribution in [3.63, 3.8) is 0 Å². The quantitative estimate of drug-likeness (QED) is 0.855. The second-order valence-corrected chi connectivity index (χ2v) is 5.04. The molecule has 0 saturated heterocycles. The van der Waals surface area contributed by atoms with Crippen LogP contribution in [0.2, 0.25) is 0 Å². The molecule has 0 saturated carbocycles. The van der Waals surface area contributed by atoms with Crippen molar-refractivity contribution in [1.29, 1.82) is 0 Å². The second kappa shape index (κ2) is 6.83. The van der Waals surface area contributed by atoms with E-state index in [1.165, 1.54) is 0 Å². The number of hydrogen-bond acceptors (Lipinski definition) is 3. The number of carboxylic acid groups (broad SMARTS) is 1. The average Bonchev–Trinajstić information content (AvgIpc) is 2.46. The van der Waals surface area contributed by atoms with Gasteiger partial charge in [0.15, 0.2) is 0 Å². The lowest BCUT2D eigenvalue weighted by atomic mass is 10.1. The molecular formula is C16H18N2O3. The molecule has 0 aliphatic carbocycles. The molecule has 1 heterocycles. The van der Waals surface area contributed by atoms with Crippen LogP contribution in [0.1, 0.15) is 36.7 Å². The zero-order valence-corrected chi connectivity index (χ0v) is 11.9. The van der Waals surface area contributed by atoms with E-state index >= 15 is 0 Å². The first-order chi connectivity index (χ1) is 10.1. The van der Waals surface area contributed by atoms with Gasteiger partial charge in [0.05, 0.1) is 0 Å². The van der Waals surface area contributed by atoms with Crippen LogP contribution < -0.4 is 5.32 Å². The first-order valence-electron chi connectivity index (χ1n) is 6.94. The van der Waals surface area contributed by atoms with Crippen LogP contribution in [0.3, 0.4) is 0 Å². The third-order valence-corrected chi connectivity index (χ3v) is 3.29. The smallest absolute Gasteiger partial charge is 0.303 e. The fraction of sp³-hybridized carbons (Fsp3) is 0.312. The zero-order valence-electron chi connectivity index (χ0n) is 11.9. The third kappa shape index (κ3) is 4.02. The van der Waals surface area contributed by atoms with Crippen LogP contribution >= 0.6 is 0 Å². The van der Waals surface area contributed by atoms with E-state index in [4.69, 9.17) is 5.11 Å². The van der Waals surface area contributed by atoms with Gasteiger partial charge < -0.3 is 10.4 Å². The van der Waals surface area contributed by atoms with Crippen LogP contribution in [0.15, 0.2) is 36.5 Å². The predicted octanol–water partition coefficient (Wildman–Crippen LogP) is 2.61. The Kier molecular flexibility index (Phi) is 4.87. The SMILES string of the molecule is CC(CCCC(=O)O)NC(=O)c1nccc2ccccc12. The molecule has 1 aromatic carbocycles. The Hall–Kier alpha value is -2.43. The zero-order chi connectivity index (χ0) is 15.2. The Morgan fingerprint density at radius 2 is 2.05 bits per heavy atom. The Morgan fingerprint density at radius 1 is 1.29 bits per heavy atom. The maximum Gasteiger partial charge on any atom is 0.303 e. The molecule has 0 radical (unpaired) electrons. The number of nitrogens with one attached hydrogen (secondary N) is 1. The summed E-state index contributed by atoms with van der Waals surface area (Å²) in [5, 5.41) is 13.3. The Balaban J connectivity index is 2.03. The highest BCUT2D eigenvalue weighted by Gasteiger charge is 2.14. The van der Waals surface area contributed by atoms with Gasteiger partial charge in [0, 0.05) is 24.0 Å². The third-order valence-electron chi connectivity index (χ3n) is 3.29. The van der Waals surface area contributed by atoms with Gasteiger partial charge in [0.2, 0.25) is 0 Å². The average molecular weight is 286 g/mol. The van der Waals surface area contributed by atoms with Crippen molar-refractivity contribution in [2.45, 2.75) is 32.2 Å². The van der Waals surface area contributed by atoms with Crippen LogP contribution in [0.25, 0.3) is 10.8 Å². The summed E-state index contributed by atoms with van der Waals surface area (Å²) < 4.78 is 0. The van der Waals surface area contributed by atoms with E-state index in [1.54, 1.807) is 6.20 Å². The molecular weight excluding hydrogens is 268 g/mol. The number of fused-ring (bicyclic) bond motifs is 1. The summed E-state index contributed by atoms with van der Waals surface area (Å²) in [4.78, 5) is 26.9. The van der Waals surface area contributed by atoms with E-state index in [0.29, 0.717) is 18.5 Å². The van der Waals surface area contributed by atoms with Crippen LogP contribution in [-0.2, 0) is 4.79 Å². The van der Waals surface area contributed by atoms with Gasteiger partial charge in [-0.3, -0.25) is 14.6 Å². The van der Waals surface area contributed by atoms with Crippen molar-refractivity contribution < 1.29 is 14.7 Å². The van der Waals surface area contributed by atoms with Gasteiger partial charge in [-0.05, 0) is 31.2 Å². The number of carbonyl (C=O) groups is 2. The molecule has 110 valence electrons. The highest BCUT2D eigenvalue weighted by atomic mass is 16.4. The number of amides is 1. The van der Waals surface area contributed by atoms with Gasteiger partial charge in [-0.25, -0.2) is 0 Å². The van der Waals surface area contributed by atoms with Crippen molar-refractivity contribution in [2.24, 2.45) is 0 Å². The van der Waals surface area contributed by atoms with Crippen molar-refractivity contribution in [2.75, 3.05) is 0 Å². The molecule has 1 amide bonds. The van der Waals surface area contributed by atoms with Crippen molar-refractivity contribution in [1.82, 2.24) is 10.3 Å². The summed E-state index contributed by atoms with van der Waals surface area (Å²) in [6.07, 6.45) is 2.90. The number of carboxylic acids is 1. The normalized spacial score (nSPS) is 12.0. The van der Waals surface area contributed by atoms with E-state index in [0.717, 1.165) is 10.8 Å². The molecule has 2 rings (SSSR count). The molecule has 1 atom stereocenters. The maximum absolute atomic E-state index is 12.3. The lowest BCUT2D eigenvalue weighted by Crippen LogP contribution is -2.33. The highest BCUT2D eigenvalue weighted by molar-refractivity contribution is 6.05. The van der Waals surface area contributed by atoms with Gasteiger partial charge in [-0.15, -0.1) is 0 Å². The summed E-state index contributed by atoms with van der Waals surface area (Å²) in [5.41, 5.74) is 0.401. The Bertz CT molecular complexity index is 650. The first-order valence-corrected chi connectivity index (χ1v) is 6.94. The largest absolute Gasteiger partial charge is 0.481 e. The molecule has 0 spiro atoms. The summed E-state index contributed by atoms with van der Waals surface area (Å²) in [7, 11) is 0. The molecule has 0 aliphatic rings. The maximum atomic E-state index is 12.3. The van der Waals surface area contributed by atoms with Crippen LogP contribution in [0.4, 0.5) is 0 Å². The first kappa shape index (κ1) is 15.0. The molecule has 5 heteroatoms. The van der Waals surface area contributed by atoms with Gasteiger partial charge in [0.25, 0.3) is 5.91 Å². The van der Waals surface area contributed by atoms with Gasteiger partial charge in [-0.1, -0.05) is 24.3 Å². The van der Waals surface area contributed by atoms with Crippen molar-refractivity contribution in [3.8, 4) is 0 Å². The van der Waals surface area contributed by atoms with Crippen LogP contribution in [0, 0.1) is 0 Å². The number of hydrogen-bond donors (Lipinski definition) is 2. The Labute approximate surface area is 123 Å². The number of rotatable bonds is 6. The van der Waals surface area contributed by atoms with E-state index in [-0.39, 0.29) is 18.4 Å². The van der Waals surface area contributed by atoms with E-state index in [1.807, 2.05) is 37.3 Å². The Morgan fingerprint density at radius 3 is 2.81 bits per heavy atom. The second-order valence-electron chi connectivity index (χ2n) is 5.04. The molecule has 21 heavy (non-hydrogen) atoms. The number of benzene rings is 1. The minimum Gasteiger partial charge on any atom is -0.481 e. The molecule has 0 aliphatic heterocycles. The summed E-state index contributed by atoms with van der Waals surface area (Å²) in [6, 6.07) is 9.37. The summed E-state index contributed by atoms with van der Waals surface area (Å²) in [5.74, 6) is -1.04. The number of aromatic nitrogens is 1. The van der Waals surface area contributed by atoms with E-state index < -0.39 is 5.97 Å². The van der Waals surface area contributed by atoms with Gasteiger partial charge in [0.1, 0.15) is 5.69 Å². The highest BCUT2D eigenvalue weighted by Crippen LogP contribution is 2.16. The van der Waals surface area contributed by atoms with Crippen molar-refractivity contribution >= 4 is 22.6 Å². The van der Waals surface area contributed by atoms with E-state index in [9.17, 15) is 9.59 Å². The number of carbonyl (C=O) groups excluding carboxylic acids is 1. The molecule has 5 nitrogen and oxygen atoms in total. The molecule has 0 bridgehead atoms. The predicted molar refractivity (Wildman–Crippen MR) is 80.2 cm³/mol. The van der Waals surface area contributed by atoms with Gasteiger partial charge >= 0.3 is 5.97 Å². The van der Waals surface area contributed by atoms with Crippen molar-refractivity contribution in [3.05, 3.63) is 42.2 Å². The summed E-state index contributed by atoms with van der Waals surface area (Å²) >= 11 is 0. The molecule has 0 fully saturated rings. The van der Waals surface area contributed by atoms with Crippen LogP contribution in [0.5, 0.6) is 0 Å². The fourth-order valence-corrected chi connectivity index (χ4v) is 2.22. The monoisotopic (exact) mass is 286 g/mol. The topological polar surface area (TPSA) is 79.3 Å². The standard InChI is InChI=1S/C16H18N2O3/c1-11(5-4-8-14(19)20)18-16(21)15-13-7-3-2-6-12(13)9-10-17-15/h2-3,6-7,9-11H,4-5,8H2,1H3,(H,18,21)(H,19,20). The van der Waals surface area contributed by atoms with E-state index in [2.05, 4.69) is 10.3 Å². The number of pyridine rings is 1. The number of nitrogens with zero attached hydrogens (tertiary/aromatic N) is 1. The molecule has 2 aromatic rings.